The molecule has 0 unspecified atom stereocenters. The van der Waals surface area contributed by atoms with E-state index in [0.29, 0.717) is 0 Å². The van der Waals surface area contributed by atoms with Crippen LogP contribution >= 0.6 is 7.14 Å². The fraction of sp³-hybridized carbons (Fsp3) is 0.190. The molecule has 0 saturated carbocycles. The zero-order valence-corrected chi connectivity index (χ0v) is 14.3. The Balaban J connectivity index is 1.87. The van der Waals surface area contributed by atoms with Crippen molar-refractivity contribution < 1.29 is 4.57 Å². The van der Waals surface area contributed by atoms with Crippen LogP contribution in [0.3, 0.4) is 0 Å². The van der Waals surface area contributed by atoms with E-state index in [1.807, 2.05) is 54.6 Å². The first-order valence-electron chi connectivity index (χ1n) is 8.41. The molecule has 0 radical (unpaired) electrons. The van der Waals surface area contributed by atoms with Crippen LogP contribution in [0, 0.1) is 0 Å². The van der Waals surface area contributed by atoms with Gasteiger partial charge in [0.05, 0.1) is 0 Å². The van der Waals surface area contributed by atoms with Gasteiger partial charge in [-0.05, 0) is 36.1 Å². The van der Waals surface area contributed by atoms with Crippen LogP contribution in [0.2, 0.25) is 0 Å². The minimum Gasteiger partial charge on any atom is -0.316 e. The molecule has 2 nitrogen and oxygen atoms in total. The first-order chi connectivity index (χ1) is 11.8. The number of hydrogen-bond donors (Lipinski definition) is 0. The first kappa shape index (κ1) is 15.4. The first-order valence-corrected chi connectivity index (χ1v) is 10.3. The van der Waals surface area contributed by atoms with Crippen LogP contribution in [-0.2, 0) is 4.57 Å². The monoisotopic (exact) mass is 333 g/mol. The van der Waals surface area contributed by atoms with Crippen molar-refractivity contribution in [3.05, 3.63) is 96.2 Å². The summed E-state index contributed by atoms with van der Waals surface area (Å²) in [4.78, 5) is 4.52. The van der Waals surface area contributed by atoms with Crippen LogP contribution in [0.4, 0.5) is 0 Å². The molecule has 2 atom stereocenters. The number of pyridine rings is 1. The van der Waals surface area contributed by atoms with Crippen molar-refractivity contribution in [3.8, 4) is 0 Å². The van der Waals surface area contributed by atoms with Crippen LogP contribution < -0.4 is 5.44 Å². The Morgan fingerprint density at radius 1 is 0.708 bits per heavy atom. The molecular formula is C21H20NOP. The third-order valence-electron chi connectivity index (χ3n) is 5.02. The Hall–Kier alpha value is -2.18. The zero-order valence-electron chi connectivity index (χ0n) is 13.5. The molecule has 120 valence electrons. The van der Waals surface area contributed by atoms with Crippen LogP contribution in [0.5, 0.6) is 0 Å². The Morgan fingerprint density at radius 2 is 1.21 bits per heavy atom. The van der Waals surface area contributed by atoms with E-state index in [2.05, 4.69) is 29.2 Å². The third kappa shape index (κ3) is 2.52. The normalized spacial score (nSPS) is 22.3. The zero-order chi connectivity index (χ0) is 16.4. The van der Waals surface area contributed by atoms with Gasteiger partial charge in [-0.1, -0.05) is 66.7 Å². The minimum atomic E-state index is -2.70. The van der Waals surface area contributed by atoms with Gasteiger partial charge in [-0.2, -0.15) is 0 Å². The molecule has 1 fully saturated rings. The molecule has 24 heavy (non-hydrogen) atoms. The summed E-state index contributed by atoms with van der Waals surface area (Å²) in [5.41, 5.74) is 3.22. The van der Waals surface area contributed by atoms with Gasteiger partial charge in [-0.15, -0.1) is 0 Å². The Morgan fingerprint density at radius 3 is 1.67 bits per heavy atom. The molecule has 1 saturated heterocycles. The van der Waals surface area contributed by atoms with Gasteiger partial charge in [-0.25, -0.2) is 0 Å². The smallest absolute Gasteiger partial charge is 0.147 e. The van der Waals surface area contributed by atoms with E-state index in [0.717, 1.165) is 18.3 Å². The fourth-order valence-electron chi connectivity index (χ4n) is 3.92. The SMILES string of the molecule is O=P1(c2ccccn2)[C@H](c2ccccc2)CC[C@H]1c1ccccc1. The molecule has 1 aliphatic heterocycles. The van der Waals surface area contributed by atoms with Gasteiger partial charge >= 0.3 is 0 Å². The van der Waals surface area contributed by atoms with Crippen LogP contribution in [0.15, 0.2) is 85.1 Å². The fourth-order valence-corrected chi connectivity index (χ4v) is 7.86. The van der Waals surface area contributed by atoms with Crippen LogP contribution in [-0.4, -0.2) is 4.98 Å². The predicted octanol–water partition coefficient (Wildman–Crippen LogP) is 5.35. The summed E-state index contributed by atoms with van der Waals surface area (Å²) in [5.74, 6) is 0. The molecule has 1 aliphatic rings. The molecule has 0 bridgehead atoms. The molecule has 0 amide bonds. The van der Waals surface area contributed by atoms with Gasteiger partial charge in [0.25, 0.3) is 0 Å². The highest BCUT2D eigenvalue weighted by atomic mass is 31.2. The summed E-state index contributed by atoms with van der Waals surface area (Å²) >= 11 is 0. The number of benzene rings is 2. The van der Waals surface area contributed by atoms with Gasteiger partial charge in [0.15, 0.2) is 0 Å². The highest BCUT2D eigenvalue weighted by Crippen LogP contribution is 2.75. The molecule has 2 aromatic carbocycles. The maximum absolute atomic E-state index is 14.4. The Labute approximate surface area is 143 Å². The van der Waals surface area contributed by atoms with E-state index in [9.17, 15) is 4.57 Å². The lowest BCUT2D eigenvalue weighted by Crippen LogP contribution is -2.15. The molecule has 3 heteroatoms. The number of aromatic nitrogens is 1. The lowest BCUT2D eigenvalue weighted by Gasteiger charge is -2.26. The Bertz CT molecular complexity index is 797. The lowest BCUT2D eigenvalue weighted by molar-refractivity contribution is 0.573. The van der Waals surface area contributed by atoms with Gasteiger partial charge in [-0.3, -0.25) is 4.98 Å². The number of rotatable bonds is 3. The quantitative estimate of drug-likeness (QED) is 0.605. The standard InChI is InChI=1S/C21H20NOP/c23-24(21-13-7-8-16-22-21)19(17-9-3-1-4-10-17)14-15-20(24)18-11-5-2-6-12-18/h1-13,16,19-20H,14-15H2/t19-,20-/m0/s1. The van der Waals surface area contributed by atoms with Gasteiger partial charge < -0.3 is 4.57 Å². The van der Waals surface area contributed by atoms with Crippen molar-refractivity contribution in [2.24, 2.45) is 0 Å². The average Bonchev–Trinajstić information content (AvgIpc) is 3.02. The maximum Gasteiger partial charge on any atom is 0.147 e. The van der Waals surface area contributed by atoms with E-state index in [-0.39, 0.29) is 11.3 Å². The van der Waals surface area contributed by atoms with Gasteiger partial charge in [0, 0.05) is 17.5 Å². The molecule has 0 N–H and O–H groups in total. The number of hydrogen-bond acceptors (Lipinski definition) is 2. The minimum absolute atomic E-state index is 0.0545. The molecule has 0 spiro atoms. The second-order valence-electron chi connectivity index (χ2n) is 6.33. The van der Waals surface area contributed by atoms with Crippen molar-refractivity contribution in [1.29, 1.82) is 0 Å². The molecular weight excluding hydrogens is 313 g/mol. The third-order valence-corrected chi connectivity index (χ3v) is 8.96. The molecule has 0 aliphatic carbocycles. The van der Waals surface area contributed by atoms with Crippen molar-refractivity contribution in [1.82, 2.24) is 4.98 Å². The van der Waals surface area contributed by atoms with Gasteiger partial charge in [0.2, 0.25) is 0 Å². The van der Waals surface area contributed by atoms with Crippen molar-refractivity contribution in [3.63, 3.8) is 0 Å². The summed E-state index contributed by atoms with van der Waals surface area (Å²) < 4.78 is 14.4. The maximum atomic E-state index is 14.4. The van der Waals surface area contributed by atoms with E-state index >= 15 is 0 Å². The summed E-state index contributed by atoms with van der Waals surface area (Å²) in [6.07, 6.45) is 3.65. The van der Waals surface area contributed by atoms with Crippen molar-refractivity contribution in [2.75, 3.05) is 0 Å². The average molecular weight is 333 g/mol. The lowest BCUT2D eigenvalue weighted by atomic mass is 10.0. The summed E-state index contributed by atoms with van der Waals surface area (Å²) in [6, 6.07) is 26.4. The summed E-state index contributed by atoms with van der Waals surface area (Å²) in [7, 11) is -2.70. The van der Waals surface area contributed by atoms with E-state index in [4.69, 9.17) is 0 Å². The molecule has 4 rings (SSSR count). The summed E-state index contributed by atoms with van der Waals surface area (Å²) in [5, 5.41) is 0. The topological polar surface area (TPSA) is 30.0 Å². The van der Waals surface area contributed by atoms with Crippen molar-refractivity contribution in [2.45, 2.75) is 24.2 Å². The highest BCUT2D eigenvalue weighted by Gasteiger charge is 2.49. The second kappa shape index (κ2) is 6.37. The second-order valence-corrected chi connectivity index (χ2v) is 9.45. The largest absolute Gasteiger partial charge is 0.316 e. The van der Waals surface area contributed by atoms with Gasteiger partial charge in [0.1, 0.15) is 12.6 Å². The van der Waals surface area contributed by atoms with Crippen LogP contribution in [0.25, 0.3) is 0 Å². The molecule has 3 aromatic rings. The molecule has 2 heterocycles. The van der Waals surface area contributed by atoms with Crippen LogP contribution in [0.1, 0.15) is 35.3 Å². The summed E-state index contributed by atoms with van der Waals surface area (Å²) in [6.45, 7) is 0. The number of nitrogens with zero attached hydrogens (tertiary/aromatic N) is 1. The molecule has 1 aromatic heterocycles. The predicted molar refractivity (Wildman–Crippen MR) is 99.1 cm³/mol. The van der Waals surface area contributed by atoms with E-state index in [1.165, 1.54) is 11.1 Å². The van der Waals surface area contributed by atoms with E-state index < -0.39 is 7.14 Å². The highest BCUT2D eigenvalue weighted by molar-refractivity contribution is 7.72. The van der Waals surface area contributed by atoms with Crippen molar-refractivity contribution >= 4 is 12.6 Å². The van der Waals surface area contributed by atoms with E-state index in [1.54, 1.807) is 6.20 Å². The Kier molecular flexibility index (Phi) is 4.08.